The van der Waals surface area contributed by atoms with E-state index >= 15 is 0 Å². The minimum atomic E-state index is -0.905. The maximum absolute atomic E-state index is 12.2. The predicted octanol–water partition coefficient (Wildman–Crippen LogP) is 3.00. The highest BCUT2D eigenvalue weighted by Crippen LogP contribution is 2.30. The number of rotatable bonds is 5. The summed E-state index contributed by atoms with van der Waals surface area (Å²) in [6.45, 7) is 4.66. The van der Waals surface area contributed by atoms with Gasteiger partial charge in [0.2, 0.25) is 0 Å². The van der Waals surface area contributed by atoms with Crippen LogP contribution in [0.4, 0.5) is 0 Å². The normalized spacial score (nSPS) is 17.2. The van der Waals surface area contributed by atoms with Crippen molar-refractivity contribution >= 4 is 17.8 Å². The molecule has 0 aliphatic carbocycles. The molecule has 174 valence electrons. The number of carbonyl (C=O) groups is 1. The van der Waals surface area contributed by atoms with Crippen molar-refractivity contribution in [1.82, 2.24) is 9.80 Å². The number of amidine groups is 1. The standard InChI is InChI=1S/C25H31N5O3/c1-16(26)29-12-9-22(10-13-29)33-21-6-4-18(5-7-21)23(24(31)32)19-3-2-17-8-11-30(25(27)28)15-20(17)14-19/h2-7,14,22-23,26H,8-13,15H2,1H3,(H3,27,28)(H,31,32). The lowest BCUT2D eigenvalue weighted by atomic mass is 9.87. The van der Waals surface area contributed by atoms with Gasteiger partial charge in [-0.25, -0.2) is 0 Å². The zero-order valence-corrected chi connectivity index (χ0v) is 18.9. The molecule has 8 nitrogen and oxygen atoms in total. The van der Waals surface area contributed by atoms with Gasteiger partial charge in [-0.3, -0.25) is 15.6 Å². The molecular weight excluding hydrogens is 418 g/mol. The number of hydrogen-bond donors (Lipinski definition) is 4. The van der Waals surface area contributed by atoms with Crippen LogP contribution in [0, 0.1) is 10.8 Å². The number of aliphatic carboxylic acids is 1. The van der Waals surface area contributed by atoms with Gasteiger partial charge in [0, 0.05) is 39.0 Å². The molecule has 0 amide bonds. The average molecular weight is 450 g/mol. The number of fused-ring (bicyclic) bond motifs is 1. The highest BCUT2D eigenvalue weighted by molar-refractivity contribution is 5.81. The highest BCUT2D eigenvalue weighted by Gasteiger charge is 2.26. The van der Waals surface area contributed by atoms with Gasteiger partial charge < -0.3 is 25.4 Å². The van der Waals surface area contributed by atoms with E-state index in [4.69, 9.17) is 21.3 Å². The molecular formula is C25H31N5O3. The van der Waals surface area contributed by atoms with E-state index in [1.165, 1.54) is 5.56 Å². The van der Waals surface area contributed by atoms with Crippen molar-refractivity contribution in [2.45, 2.75) is 44.8 Å². The Morgan fingerprint density at radius 2 is 1.70 bits per heavy atom. The number of benzene rings is 2. The van der Waals surface area contributed by atoms with Crippen molar-refractivity contribution in [3.05, 3.63) is 64.7 Å². The molecule has 4 rings (SSSR count). The first-order valence-electron chi connectivity index (χ1n) is 11.3. The Bertz CT molecular complexity index is 1040. The summed E-state index contributed by atoms with van der Waals surface area (Å²) >= 11 is 0. The zero-order chi connectivity index (χ0) is 23.5. The van der Waals surface area contributed by atoms with Crippen LogP contribution < -0.4 is 10.5 Å². The number of piperidine rings is 1. The van der Waals surface area contributed by atoms with Crippen LogP contribution in [0.5, 0.6) is 5.75 Å². The van der Waals surface area contributed by atoms with Crippen LogP contribution in [-0.4, -0.2) is 58.4 Å². The molecule has 1 fully saturated rings. The number of nitrogens with two attached hydrogens (primary N) is 1. The smallest absolute Gasteiger partial charge is 0.315 e. The number of hydrogen-bond acceptors (Lipinski definition) is 4. The molecule has 8 heteroatoms. The average Bonchev–Trinajstić information content (AvgIpc) is 2.80. The molecule has 0 spiro atoms. The summed E-state index contributed by atoms with van der Waals surface area (Å²) in [5, 5.41) is 25.4. The zero-order valence-electron chi connectivity index (χ0n) is 18.9. The summed E-state index contributed by atoms with van der Waals surface area (Å²) in [5.74, 6) is -0.327. The van der Waals surface area contributed by atoms with Crippen molar-refractivity contribution < 1.29 is 14.6 Å². The summed E-state index contributed by atoms with van der Waals surface area (Å²) in [7, 11) is 0. The van der Waals surface area contributed by atoms with E-state index in [2.05, 4.69) is 4.90 Å². The number of likely N-dealkylation sites (tertiary alicyclic amines) is 1. The number of nitrogens with zero attached hydrogens (tertiary/aromatic N) is 2. The van der Waals surface area contributed by atoms with E-state index in [1.807, 2.05) is 42.5 Å². The minimum Gasteiger partial charge on any atom is -0.490 e. The molecule has 2 heterocycles. The molecule has 0 aromatic heterocycles. The van der Waals surface area contributed by atoms with E-state index in [9.17, 15) is 9.90 Å². The first-order valence-corrected chi connectivity index (χ1v) is 11.3. The Hall–Kier alpha value is -3.55. The predicted molar refractivity (Wildman–Crippen MR) is 127 cm³/mol. The summed E-state index contributed by atoms with van der Waals surface area (Å²) in [6.07, 6.45) is 2.62. The maximum atomic E-state index is 12.2. The number of carboxylic acid groups (broad SMARTS) is 1. The molecule has 0 saturated carbocycles. The van der Waals surface area contributed by atoms with Crippen LogP contribution in [0.3, 0.4) is 0 Å². The second-order valence-electron chi connectivity index (χ2n) is 8.81. The lowest BCUT2D eigenvalue weighted by molar-refractivity contribution is -0.137. The van der Waals surface area contributed by atoms with Gasteiger partial charge in [-0.2, -0.15) is 0 Å². The molecule has 2 aromatic rings. The fraction of sp³-hybridized carbons (Fsp3) is 0.400. The Morgan fingerprint density at radius 3 is 2.30 bits per heavy atom. The monoisotopic (exact) mass is 449 g/mol. The van der Waals surface area contributed by atoms with Crippen molar-refractivity contribution in [3.63, 3.8) is 0 Å². The Labute approximate surface area is 194 Å². The van der Waals surface area contributed by atoms with Gasteiger partial charge in [-0.1, -0.05) is 30.3 Å². The third kappa shape index (κ3) is 5.10. The van der Waals surface area contributed by atoms with Gasteiger partial charge in [0.25, 0.3) is 0 Å². The SMILES string of the molecule is CC(=N)N1CCC(Oc2ccc(C(C(=O)O)c3ccc4c(c3)CN(C(=N)N)CC4)cc2)CC1. The van der Waals surface area contributed by atoms with E-state index in [0.29, 0.717) is 24.5 Å². The lowest BCUT2D eigenvalue weighted by Gasteiger charge is -2.32. The summed E-state index contributed by atoms with van der Waals surface area (Å²) in [5.41, 5.74) is 9.26. The Kier molecular flexibility index (Phi) is 6.53. The van der Waals surface area contributed by atoms with E-state index in [0.717, 1.165) is 49.2 Å². The molecule has 1 unspecified atom stereocenters. The fourth-order valence-electron chi connectivity index (χ4n) is 4.68. The quantitative estimate of drug-likeness (QED) is 0.411. The van der Waals surface area contributed by atoms with Gasteiger partial charge in [0.1, 0.15) is 17.8 Å². The molecule has 2 aliphatic rings. The summed E-state index contributed by atoms with van der Waals surface area (Å²) in [4.78, 5) is 16.1. The third-order valence-electron chi connectivity index (χ3n) is 6.60. The number of nitrogens with one attached hydrogen (secondary N) is 2. The largest absolute Gasteiger partial charge is 0.490 e. The van der Waals surface area contributed by atoms with E-state index < -0.39 is 11.9 Å². The van der Waals surface area contributed by atoms with Gasteiger partial charge in [0.05, 0.1) is 5.84 Å². The summed E-state index contributed by atoms with van der Waals surface area (Å²) < 4.78 is 6.11. The minimum absolute atomic E-state index is 0.0371. The summed E-state index contributed by atoms with van der Waals surface area (Å²) in [6, 6.07) is 13.2. The van der Waals surface area contributed by atoms with Crippen molar-refractivity contribution in [1.29, 1.82) is 10.8 Å². The van der Waals surface area contributed by atoms with Gasteiger partial charge in [-0.15, -0.1) is 0 Å². The molecule has 5 N–H and O–H groups in total. The van der Waals surface area contributed by atoms with Crippen LogP contribution in [0.1, 0.15) is 47.9 Å². The van der Waals surface area contributed by atoms with Gasteiger partial charge in [0.15, 0.2) is 5.96 Å². The molecule has 33 heavy (non-hydrogen) atoms. The first kappa shape index (κ1) is 22.6. The number of carboxylic acids is 1. The van der Waals surface area contributed by atoms with Crippen LogP contribution in [0.15, 0.2) is 42.5 Å². The van der Waals surface area contributed by atoms with Crippen LogP contribution in [0.2, 0.25) is 0 Å². The van der Waals surface area contributed by atoms with E-state index in [-0.39, 0.29) is 12.1 Å². The molecule has 0 bridgehead atoms. The molecule has 0 radical (unpaired) electrons. The molecule has 1 saturated heterocycles. The molecule has 2 aromatic carbocycles. The van der Waals surface area contributed by atoms with Crippen molar-refractivity contribution in [3.8, 4) is 5.75 Å². The fourth-order valence-corrected chi connectivity index (χ4v) is 4.68. The first-order chi connectivity index (χ1) is 15.8. The number of guanidine groups is 1. The highest BCUT2D eigenvalue weighted by atomic mass is 16.5. The second-order valence-corrected chi connectivity index (χ2v) is 8.81. The van der Waals surface area contributed by atoms with Gasteiger partial charge >= 0.3 is 5.97 Å². The van der Waals surface area contributed by atoms with Crippen LogP contribution >= 0.6 is 0 Å². The van der Waals surface area contributed by atoms with E-state index in [1.54, 1.807) is 11.8 Å². The van der Waals surface area contributed by atoms with Crippen LogP contribution in [0.25, 0.3) is 0 Å². The second kappa shape index (κ2) is 9.52. The molecule has 2 aliphatic heterocycles. The van der Waals surface area contributed by atoms with Crippen molar-refractivity contribution in [2.75, 3.05) is 19.6 Å². The topological polar surface area (TPSA) is 127 Å². The third-order valence-corrected chi connectivity index (χ3v) is 6.60. The Balaban J connectivity index is 1.48. The van der Waals surface area contributed by atoms with Gasteiger partial charge in [-0.05, 0) is 47.7 Å². The number of ether oxygens (including phenoxy) is 1. The van der Waals surface area contributed by atoms with Crippen molar-refractivity contribution in [2.24, 2.45) is 5.73 Å². The lowest BCUT2D eigenvalue weighted by Crippen LogP contribution is -2.40. The molecule has 1 atom stereocenters. The Morgan fingerprint density at radius 1 is 1.03 bits per heavy atom. The van der Waals surface area contributed by atoms with Crippen LogP contribution in [-0.2, 0) is 17.8 Å². The maximum Gasteiger partial charge on any atom is 0.315 e.